The number of amides is 1. The first-order chi connectivity index (χ1) is 14.5. The number of benzene rings is 2. The van der Waals surface area contributed by atoms with Gasteiger partial charge in [0, 0.05) is 18.1 Å². The molecule has 3 aromatic rings. The highest BCUT2D eigenvalue weighted by atomic mass is 32.1. The predicted molar refractivity (Wildman–Crippen MR) is 120 cm³/mol. The van der Waals surface area contributed by atoms with Gasteiger partial charge < -0.3 is 14.8 Å². The first-order valence-corrected chi connectivity index (χ1v) is 9.97. The Balaban J connectivity index is 2.12. The lowest BCUT2D eigenvalue weighted by Gasteiger charge is -2.10. The maximum absolute atomic E-state index is 11.7. The summed E-state index contributed by atoms with van der Waals surface area (Å²) in [4.78, 5) is 16.4. The van der Waals surface area contributed by atoms with Crippen molar-refractivity contribution >= 4 is 33.9 Å². The predicted octanol–water partition coefficient (Wildman–Crippen LogP) is 5.16. The van der Waals surface area contributed by atoms with Gasteiger partial charge in [0.1, 0.15) is 21.8 Å². The molecule has 0 unspecified atom stereocenters. The molecule has 0 bridgehead atoms. The van der Waals surface area contributed by atoms with E-state index in [1.165, 1.54) is 18.3 Å². The fourth-order valence-electron chi connectivity index (χ4n) is 2.91. The number of anilines is 1. The van der Waals surface area contributed by atoms with E-state index >= 15 is 0 Å². The molecular weight excluding hydrogens is 398 g/mol. The summed E-state index contributed by atoms with van der Waals surface area (Å²) in [6.45, 7) is 3.45. The molecule has 152 valence electrons. The van der Waals surface area contributed by atoms with Gasteiger partial charge in [-0.2, -0.15) is 5.26 Å². The van der Waals surface area contributed by atoms with Crippen molar-refractivity contribution in [1.29, 1.82) is 5.26 Å². The number of aryl methyl sites for hydroxylation is 1. The van der Waals surface area contributed by atoms with Crippen LogP contribution in [0.15, 0.2) is 42.5 Å². The number of allylic oxidation sites excluding steroid dienone is 1. The molecular formula is C23H21N3O3S. The van der Waals surface area contributed by atoms with Gasteiger partial charge in [-0.25, -0.2) is 4.98 Å². The lowest BCUT2D eigenvalue weighted by molar-refractivity contribution is -0.114. The number of nitrogens with one attached hydrogen (secondary N) is 1. The second-order valence-corrected chi connectivity index (χ2v) is 7.50. The molecule has 0 fully saturated rings. The van der Waals surface area contributed by atoms with Crippen LogP contribution in [0.5, 0.6) is 11.5 Å². The molecule has 0 spiro atoms. The van der Waals surface area contributed by atoms with Gasteiger partial charge in [0.15, 0.2) is 11.5 Å². The van der Waals surface area contributed by atoms with E-state index in [1.54, 1.807) is 26.4 Å². The zero-order valence-corrected chi connectivity index (χ0v) is 18.0. The van der Waals surface area contributed by atoms with Crippen LogP contribution in [-0.2, 0) is 4.79 Å². The number of methoxy groups -OCH3 is 2. The average Bonchev–Trinajstić information content (AvgIpc) is 3.14. The van der Waals surface area contributed by atoms with E-state index in [1.807, 2.05) is 43.3 Å². The number of para-hydroxylation sites is 1. The van der Waals surface area contributed by atoms with Gasteiger partial charge in [-0.15, -0.1) is 0 Å². The van der Waals surface area contributed by atoms with Crippen molar-refractivity contribution in [3.8, 4) is 28.8 Å². The highest BCUT2D eigenvalue weighted by Gasteiger charge is 2.18. The van der Waals surface area contributed by atoms with E-state index in [0.717, 1.165) is 11.1 Å². The van der Waals surface area contributed by atoms with E-state index in [-0.39, 0.29) is 5.91 Å². The Morgan fingerprint density at radius 2 is 1.90 bits per heavy atom. The summed E-state index contributed by atoms with van der Waals surface area (Å²) in [6.07, 6.45) is 1.71. The second kappa shape index (κ2) is 9.25. The third kappa shape index (κ3) is 4.50. The quantitative estimate of drug-likeness (QED) is 0.558. The molecule has 0 radical (unpaired) electrons. The Morgan fingerprint density at radius 1 is 1.17 bits per heavy atom. The van der Waals surface area contributed by atoms with Crippen molar-refractivity contribution in [1.82, 2.24) is 4.98 Å². The van der Waals surface area contributed by atoms with Crippen molar-refractivity contribution in [3.63, 3.8) is 0 Å². The van der Waals surface area contributed by atoms with Crippen LogP contribution in [0, 0.1) is 18.3 Å². The van der Waals surface area contributed by atoms with E-state index in [9.17, 15) is 10.1 Å². The smallest absolute Gasteiger partial charge is 0.221 e. The molecule has 1 N–H and O–H groups in total. The van der Waals surface area contributed by atoms with Gasteiger partial charge in [-0.05, 0) is 19.1 Å². The van der Waals surface area contributed by atoms with Crippen LogP contribution in [-0.4, -0.2) is 25.1 Å². The zero-order valence-electron chi connectivity index (χ0n) is 17.1. The molecule has 1 aromatic heterocycles. The molecule has 6 nitrogen and oxygen atoms in total. The van der Waals surface area contributed by atoms with Crippen LogP contribution in [0.1, 0.15) is 23.1 Å². The highest BCUT2D eigenvalue weighted by Crippen LogP contribution is 2.38. The average molecular weight is 420 g/mol. The van der Waals surface area contributed by atoms with Gasteiger partial charge in [0.05, 0.1) is 19.8 Å². The minimum absolute atomic E-state index is 0.199. The first-order valence-electron chi connectivity index (χ1n) is 9.15. The standard InChI is InChI=1S/C23H21N3O3S/c1-14-8-10-16(11-9-14)20-23(25-15(2)27)30-22(26-20)18(13-24)12-17-6-5-7-19(28-3)21(17)29-4/h5-12H,1-4H3,(H,25,27). The van der Waals surface area contributed by atoms with E-state index < -0.39 is 0 Å². The van der Waals surface area contributed by atoms with E-state index in [2.05, 4.69) is 16.4 Å². The van der Waals surface area contributed by atoms with Crippen molar-refractivity contribution in [2.24, 2.45) is 0 Å². The van der Waals surface area contributed by atoms with Crippen molar-refractivity contribution in [2.45, 2.75) is 13.8 Å². The summed E-state index contributed by atoms with van der Waals surface area (Å²) in [6, 6.07) is 15.5. The van der Waals surface area contributed by atoms with Crippen LogP contribution in [0.3, 0.4) is 0 Å². The minimum atomic E-state index is -0.199. The Bertz CT molecular complexity index is 1140. The lowest BCUT2D eigenvalue weighted by Crippen LogP contribution is -2.05. The zero-order chi connectivity index (χ0) is 21.7. The van der Waals surface area contributed by atoms with Crippen molar-refractivity contribution in [3.05, 3.63) is 58.6 Å². The Hall–Kier alpha value is -3.63. The fraction of sp³-hybridized carbons (Fsp3) is 0.174. The molecule has 0 aliphatic carbocycles. The summed E-state index contributed by atoms with van der Waals surface area (Å²) in [7, 11) is 3.11. The number of rotatable bonds is 6. The number of nitriles is 1. The Kier molecular flexibility index (Phi) is 6.50. The fourth-order valence-corrected chi connectivity index (χ4v) is 3.91. The maximum atomic E-state index is 11.7. The van der Waals surface area contributed by atoms with Crippen LogP contribution in [0.4, 0.5) is 5.00 Å². The normalized spacial score (nSPS) is 11.0. The molecule has 0 aliphatic heterocycles. The van der Waals surface area contributed by atoms with Gasteiger partial charge in [-0.1, -0.05) is 53.3 Å². The number of hydrogen-bond acceptors (Lipinski definition) is 6. The number of aromatic nitrogens is 1. The monoisotopic (exact) mass is 419 g/mol. The summed E-state index contributed by atoms with van der Waals surface area (Å²) >= 11 is 1.26. The number of nitrogens with zero attached hydrogens (tertiary/aromatic N) is 2. The SMILES string of the molecule is COc1cccc(C=C(C#N)c2nc(-c3ccc(C)cc3)c(NC(C)=O)s2)c1OC. The van der Waals surface area contributed by atoms with Gasteiger partial charge >= 0.3 is 0 Å². The maximum Gasteiger partial charge on any atom is 0.221 e. The van der Waals surface area contributed by atoms with Crippen LogP contribution < -0.4 is 14.8 Å². The topological polar surface area (TPSA) is 84.2 Å². The third-order valence-electron chi connectivity index (χ3n) is 4.33. The molecule has 2 aromatic carbocycles. The van der Waals surface area contributed by atoms with E-state index in [4.69, 9.17) is 9.47 Å². The molecule has 0 atom stereocenters. The molecule has 7 heteroatoms. The van der Waals surface area contributed by atoms with Crippen molar-refractivity contribution < 1.29 is 14.3 Å². The molecule has 1 amide bonds. The van der Waals surface area contributed by atoms with Crippen LogP contribution >= 0.6 is 11.3 Å². The number of carbonyl (C=O) groups excluding carboxylic acids is 1. The summed E-state index contributed by atoms with van der Waals surface area (Å²) < 4.78 is 10.8. The van der Waals surface area contributed by atoms with Gasteiger partial charge in [0.25, 0.3) is 0 Å². The molecule has 30 heavy (non-hydrogen) atoms. The number of hydrogen-bond donors (Lipinski definition) is 1. The molecule has 1 heterocycles. The third-order valence-corrected chi connectivity index (χ3v) is 5.33. The highest BCUT2D eigenvalue weighted by molar-refractivity contribution is 7.17. The number of carbonyl (C=O) groups is 1. The molecule has 0 aliphatic rings. The van der Waals surface area contributed by atoms with Crippen molar-refractivity contribution in [2.75, 3.05) is 19.5 Å². The van der Waals surface area contributed by atoms with Gasteiger partial charge in [0.2, 0.25) is 5.91 Å². The van der Waals surface area contributed by atoms with Gasteiger partial charge in [-0.3, -0.25) is 4.79 Å². The summed E-state index contributed by atoms with van der Waals surface area (Å²) in [5, 5.41) is 13.7. The number of thiazole rings is 1. The molecule has 0 saturated carbocycles. The molecule has 0 saturated heterocycles. The van der Waals surface area contributed by atoms with Crippen LogP contribution in [0.2, 0.25) is 0 Å². The lowest BCUT2D eigenvalue weighted by atomic mass is 10.1. The Morgan fingerprint density at radius 3 is 2.50 bits per heavy atom. The number of ether oxygens (including phenoxy) is 2. The van der Waals surface area contributed by atoms with E-state index in [0.29, 0.717) is 38.3 Å². The first kappa shape index (κ1) is 21.1. The second-order valence-electron chi connectivity index (χ2n) is 6.50. The molecule has 3 rings (SSSR count). The largest absolute Gasteiger partial charge is 0.493 e. The summed E-state index contributed by atoms with van der Waals surface area (Å²) in [5.74, 6) is 0.905. The summed E-state index contributed by atoms with van der Waals surface area (Å²) in [5.41, 5.74) is 3.67. The minimum Gasteiger partial charge on any atom is -0.493 e. The van der Waals surface area contributed by atoms with Crippen LogP contribution in [0.25, 0.3) is 22.9 Å². The Labute approximate surface area is 179 Å².